The molecule has 2 nitrogen and oxygen atoms in total. The SMILES string of the molecule is Fc1ccc(C2CCN(Cc3ccc4[nH]ccc4c3)C2)cc1. The molecule has 1 saturated heterocycles. The van der Waals surface area contributed by atoms with E-state index >= 15 is 0 Å². The zero-order valence-corrected chi connectivity index (χ0v) is 12.4. The van der Waals surface area contributed by atoms with Crippen molar-refractivity contribution < 1.29 is 4.39 Å². The fraction of sp³-hybridized carbons (Fsp3) is 0.263. The Morgan fingerprint density at radius 2 is 1.95 bits per heavy atom. The summed E-state index contributed by atoms with van der Waals surface area (Å²) >= 11 is 0. The van der Waals surface area contributed by atoms with Gasteiger partial charge in [-0.3, -0.25) is 4.90 Å². The molecule has 3 aromatic rings. The fourth-order valence-corrected chi connectivity index (χ4v) is 3.44. The lowest BCUT2D eigenvalue weighted by molar-refractivity contribution is 0.327. The van der Waals surface area contributed by atoms with Crippen molar-refractivity contribution in [1.82, 2.24) is 9.88 Å². The molecule has 1 N–H and O–H groups in total. The van der Waals surface area contributed by atoms with Gasteiger partial charge in [-0.15, -0.1) is 0 Å². The van der Waals surface area contributed by atoms with Crippen molar-refractivity contribution in [2.75, 3.05) is 13.1 Å². The van der Waals surface area contributed by atoms with E-state index in [0.29, 0.717) is 5.92 Å². The minimum Gasteiger partial charge on any atom is -0.361 e. The minimum absolute atomic E-state index is 0.154. The van der Waals surface area contributed by atoms with Crippen LogP contribution in [0, 0.1) is 5.82 Å². The molecule has 0 radical (unpaired) electrons. The lowest BCUT2D eigenvalue weighted by Crippen LogP contribution is -2.19. The number of aromatic nitrogens is 1. The van der Waals surface area contributed by atoms with E-state index < -0.39 is 0 Å². The number of nitrogens with one attached hydrogen (secondary N) is 1. The first-order valence-electron chi connectivity index (χ1n) is 7.82. The summed E-state index contributed by atoms with van der Waals surface area (Å²) in [6.45, 7) is 3.14. The molecule has 3 heteroatoms. The van der Waals surface area contributed by atoms with Crippen molar-refractivity contribution in [3.05, 3.63) is 71.7 Å². The fourth-order valence-electron chi connectivity index (χ4n) is 3.44. The average Bonchev–Trinajstić information content (AvgIpc) is 3.17. The quantitative estimate of drug-likeness (QED) is 0.763. The number of aromatic amines is 1. The number of hydrogen-bond acceptors (Lipinski definition) is 1. The Kier molecular flexibility index (Phi) is 3.43. The van der Waals surface area contributed by atoms with Crippen LogP contribution in [0.1, 0.15) is 23.5 Å². The number of fused-ring (bicyclic) bond motifs is 1. The van der Waals surface area contributed by atoms with Gasteiger partial charge in [0.15, 0.2) is 0 Å². The van der Waals surface area contributed by atoms with Crippen molar-refractivity contribution in [1.29, 1.82) is 0 Å². The van der Waals surface area contributed by atoms with Crippen LogP contribution in [0.2, 0.25) is 0 Å². The third kappa shape index (κ3) is 2.64. The number of benzene rings is 2. The first kappa shape index (κ1) is 13.5. The Balaban J connectivity index is 1.45. The molecular weight excluding hydrogens is 275 g/mol. The van der Waals surface area contributed by atoms with Crippen molar-refractivity contribution >= 4 is 10.9 Å². The molecule has 0 aliphatic carbocycles. The second-order valence-corrected chi connectivity index (χ2v) is 6.17. The molecule has 1 atom stereocenters. The zero-order valence-electron chi connectivity index (χ0n) is 12.4. The van der Waals surface area contributed by atoms with E-state index in [-0.39, 0.29) is 5.82 Å². The molecule has 1 aliphatic rings. The molecule has 0 bridgehead atoms. The molecule has 22 heavy (non-hydrogen) atoms. The molecule has 0 spiro atoms. The van der Waals surface area contributed by atoms with Gasteiger partial charge in [-0.25, -0.2) is 4.39 Å². The Labute approximate surface area is 129 Å². The minimum atomic E-state index is -0.154. The number of rotatable bonds is 3. The Morgan fingerprint density at radius 1 is 1.09 bits per heavy atom. The van der Waals surface area contributed by atoms with Gasteiger partial charge in [-0.05, 0) is 65.7 Å². The van der Waals surface area contributed by atoms with Crippen LogP contribution in [0.4, 0.5) is 4.39 Å². The molecule has 4 rings (SSSR count). The summed E-state index contributed by atoms with van der Waals surface area (Å²) < 4.78 is 13.0. The van der Waals surface area contributed by atoms with Crippen molar-refractivity contribution in [2.45, 2.75) is 18.9 Å². The highest BCUT2D eigenvalue weighted by Gasteiger charge is 2.23. The highest BCUT2D eigenvalue weighted by atomic mass is 19.1. The predicted molar refractivity (Wildman–Crippen MR) is 87.3 cm³/mol. The van der Waals surface area contributed by atoms with Crippen LogP contribution in [-0.2, 0) is 6.54 Å². The number of likely N-dealkylation sites (tertiary alicyclic amines) is 1. The van der Waals surface area contributed by atoms with E-state index in [1.54, 1.807) is 12.1 Å². The molecule has 0 saturated carbocycles. The van der Waals surface area contributed by atoms with E-state index in [2.05, 4.69) is 34.1 Å². The van der Waals surface area contributed by atoms with Gasteiger partial charge in [0.05, 0.1) is 0 Å². The van der Waals surface area contributed by atoms with E-state index in [9.17, 15) is 4.39 Å². The van der Waals surface area contributed by atoms with Gasteiger partial charge in [-0.1, -0.05) is 18.2 Å². The van der Waals surface area contributed by atoms with E-state index in [1.807, 2.05) is 18.3 Å². The van der Waals surface area contributed by atoms with Gasteiger partial charge in [0, 0.05) is 24.8 Å². The summed E-state index contributed by atoms with van der Waals surface area (Å²) in [5, 5.41) is 1.27. The largest absolute Gasteiger partial charge is 0.361 e. The highest BCUT2D eigenvalue weighted by Crippen LogP contribution is 2.28. The molecule has 1 aromatic heterocycles. The van der Waals surface area contributed by atoms with E-state index in [0.717, 1.165) is 26.1 Å². The normalized spacial score (nSPS) is 19.0. The summed E-state index contributed by atoms with van der Waals surface area (Å²) in [6, 6.07) is 15.7. The summed E-state index contributed by atoms with van der Waals surface area (Å²) in [5.74, 6) is 0.370. The predicted octanol–water partition coefficient (Wildman–Crippen LogP) is 4.30. The van der Waals surface area contributed by atoms with Crippen molar-refractivity contribution in [3.8, 4) is 0 Å². The van der Waals surface area contributed by atoms with Crippen LogP contribution in [0.25, 0.3) is 10.9 Å². The van der Waals surface area contributed by atoms with E-state index in [4.69, 9.17) is 0 Å². The Bertz CT molecular complexity index is 775. The molecule has 1 unspecified atom stereocenters. The standard InChI is InChI=1S/C19H19FN2/c20-18-4-2-15(3-5-18)17-8-10-22(13-17)12-14-1-6-19-16(11-14)7-9-21-19/h1-7,9,11,17,21H,8,10,12-13H2. The van der Waals surface area contributed by atoms with Crippen molar-refractivity contribution in [2.24, 2.45) is 0 Å². The Morgan fingerprint density at radius 3 is 2.82 bits per heavy atom. The third-order valence-corrected chi connectivity index (χ3v) is 4.64. The van der Waals surface area contributed by atoms with Gasteiger partial charge in [0.1, 0.15) is 5.82 Å². The van der Waals surface area contributed by atoms with Crippen LogP contribution in [-0.4, -0.2) is 23.0 Å². The molecule has 0 amide bonds. The van der Waals surface area contributed by atoms with Gasteiger partial charge in [0.25, 0.3) is 0 Å². The summed E-state index contributed by atoms with van der Waals surface area (Å²) in [7, 11) is 0. The van der Waals surface area contributed by atoms with Crippen LogP contribution in [0.15, 0.2) is 54.7 Å². The zero-order chi connectivity index (χ0) is 14.9. The second-order valence-electron chi connectivity index (χ2n) is 6.17. The smallest absolute Gasteiger partial charge is 0.123 e. The number of H-pyrrole nitrogens is 1. The maximum Gasteiger partial charge on any atom is 0.123 e. The molecule has 1 fully saturated rings. The number of nitrogens with zero attached hydrogens (tertiary/aromatic N) is 1. The molecule has 2 aromatic carbocycles. The first-order chi connectivity index (χ1) is 10.8. The third-order valence-electron chi connectivity index (χ3n) is 4.64. The topological polar surface area (TPSA) is 19.0 Å². The number of hydrogen-bond donors (Lipinski definition) is 1. The maximum atomic E-state index is 13.0. The first-order valence-corrected chi connectivity index (χ1v) is 7.82. The van der Waals surface area contributed by atoms with Crippen molar-refractivity contribution in [3.63, 3.8) is 0 Å². The highest BCUT2D eigenvalue weighted by molar-refractivity contribution is 5.79. The lowest BCUT2D eigenvalue weighted by atomic mass is 9.99. The molecule has 112 valence electrons. The number of halogens is 1. The van der Waals surface area contributed by atoms with Crippen LogP contribution in [0.3, 0.4) is 0 Å². The van der Waals surface area contributed by atoms with Crippen LogP contribution in [0.5, 0.6) is 0 Å². The van der Waals surface area contributed by atoms with Gasteiger partial charge in [0.2, 0.25) is 0 Å². The van der Waals surface area contributed by atoms with Gasteiger partial charge in [-0.2, -0.15) is 0 Å². The monoisotopic (exact) mass is 294 g/mol. The van der Waals surface area contributed by atoms with E-state index in [1.165, 1.54) is 22.0 Å². The summed E-state index contributed by atoms with van der Waals surface area (Å²) in [4.78, 5) is 5.72. The maximum absolute atomic E-state index is 13.0. The van der Waals surface area contributed by atoms with Gasteiger partial charge < -0.3 is 4.98 Å². The summed E-state index contributed by atoms with van der Waals surface area (Å²) in [5.41, 5.74) is 3.80. The summed E-state index contributed by atoms with van der Waals surface area (Å²) in [6.07, 6.45) is 3.13. The molecule has 1 aliphatic heterocycles. The second kappa shape index (κ2) is 5.58. The van der Waals surface area contributed by atoms with Crippen LogP contribution < -0.4 is 0 Å². The molecular formula is C19H19FN2. The van der Waals surface area contributed by atoms with Crippen LogP contribution >= 0.6 is 0 Å². The Hall–Kier alpha value is -2.13. The van der Waals surface area contributed by atoms with Gasteiger partial charge >= 0.3 is 0 Å². The average molecular weight is 294 g/mol. The molecule has 2 heterocycles. The lowest BCUT2D eigenvalue weighted by Gasteiger charge is -2.16.